The number of thiophene rings is 1. The summed E-state index contributed by atoms with van der Waals surface area (Å²) in [6.45, 7) is 6.70. The average Bonchev–Trinajstić information content (AvgIpc) is 2.73. The molecule has 2 rings (SSSR count). The maximum atomic E-state index is 11.2. The van der Waals surface area contributed by atoms with E-state index >= 15 is 0 Å². The summed E-state index contributed by atoms with van der Waals surface area (Å²) in [5, 5.41) is 9.88. The molecule has 0 aliphatic rings. The number of aryl methyl sites for hydroxylation is 1. The lowest BCUT2D eigenvalue weighted by Gasteiger charge is -2.07. The van der Waals surface area contributed by atoms with E-state index in [0.29, 0.717) is 33.7 Å². The maximum Gasteiger partial charge on any atom is 0.346 e. The van der Waals surface area contributed by atoms with Crippen molar-refractivity contribution in [2.45, 2.75) is 33.6 Å². The van der Waals surface area contributed by atoms with Gasteiger partial charge < -0.3 is 9.84 Å². The predicted molar refractivity (Wildman–Crippen MR) is 78.7 cm³/mol. The van der Waals surface area contributed by atoms with Crippen LogP contribution in [0, 0.1) is 12.8 Å². The molecule has 0 aliphatic carbocycles. The minimum Gasteiger partial charge on any atom is -0.477 e. The Morgan fingerprint density at radius 3 is 2.85 bits per heavy atom. The highest BCUT2D eigenvalue weighted by Crippen LogP contribution is 2.34. The minimum atomic E-state index is -0.934. The molecule has 6 heteroatoms. The first-order valence-electron chi connectivity index (χ1n) is 6.61. The van der Waals surface area contributed by atoms with Crippen LogP contribution in [-0.2, 0) is 0 Å². The molecule has 0 fully saturated rings. The number of nitrogens with zero attached hydrogens (tertiary/aromatic N) is 2. The van der Waals surface area contributed by atoms with Crippen molar-refractivity contribution in [1.82, 2.24) is 9.97 Å². The summed E-state index contributed by atoms with van der Waals surface area (Å²) in [4.78, 5) is 20.4. The molecular weight excluding hydrogens is 276 g/mol. The summed E-state index contributed by atoms with van der Waals surface area (Å²) in [7, 11) is 0. The molecular formula is C14H18N2O3S. The molecule has 0 saturated carbocycles. The zero-order valence-corrected chi connectivity index (χ0v) is 12.7. The molecule has 0 aliphatic heterocycles. The van der Waals surface area contributed by atoms with Crippen LogP contribution in [0.4, 0.5) is 0 Å². The summed E-state index contributed by atoms with van der Waals surface area (Å²) in [6.07, 6.45) is 3.47. The minimum absolute atomic E-state index is 0.299. The average molecular weight is 294 g/mol. The van der Waals surface area contributed by atoms with Gasteiger partial charge in [-0.2, -0.15) is 0 Å². The molecule has 0 amide bonds. The van der Waals surface area contributed by atoms with Crippen LogP contribution in [0.3, 0.4) is 0 Å². The smallest absolute Gasteiger partial charge is 0.346 e. The maximum absolute atomic E-state index is 11.2. The molecule has 5 nitrogen and oxygen atoms in total. The van der Waals surface area contributed by atoms with E-state index in [2.05, 4.69) is 23.8 Å². The van der Waals surface area contributed by atoms with Gasteiger partial charge in [0.1, 0.15) is 16.0 Å². The first-order chi connectivity index (χ1) is 9.50. The first kappa shape index (κ1) is 14.7. The number of rotatable bonds is 6. The molecule has 2 aromatic rings. The molecule has 2 aromatic heterocycles. The number of carboxylic acids is 1. The second-order valence-electron chi connectivity index (χ2n) is 5.10. The van der Waals surface area contributed by atoms with Crippen LogP contribution in [0.15, 0.2) is 6.33 Å². The Morgan fingerprint density at radius 1 is 1.45 bits per heavy atom. The molecule has 108 valence electrons. The third kappa shape index (κ3) is 3.07. The topological polar surface area (TPSA) is 72.3 Å². The number of aromatic carboxylic acids is 1. The van der Waals surface area contributed by atoms with Crippen molar-refractivity contribution in [1.29, 1.82) is 0 Å². The highest BCUT2D eigenvalue weighted by Gasteiger charge is 2.19. The fourth-order valence-corrected chi connectivity index (χ4v) is 2.99. The quantitative estimate of drug-likeness (QED) is 0.825. The number of ether oxygens (including phenoxy) is 1. The molecule has 0 unspecified atom stereocenters. The van der Waals surface area contributed by atoms with Crippen LogP contribution < -0.4 is 4.74 Å². The zero-order valence-electron chi connectivity index (χ0n) is 11.8. The first-order valence-corrected chi connectivity index (χ1v) is 7.42. The molecule has 0 atom stereocenters. The van der Waals surface area contributed by atoms with E-state index in [-0.39, 0.29) is 0 Å². The zero-order chi connectivity index (χ0) is 14.7. The predicted octanol–water partition coefficient (Wildman–Crippen LogP) is 3.51. The van der Waals surface area contributed by atoms with Crippen molar-refractivity contribution in [3.63, 3.8) is 0 Å². The standard InChI is InChI=1S/C14H18N2O3S/c1-8(2)5-4-6-19-12-10-9(3)11(14(17)18)20-13(10)16-7-15-12/h7-8H,4-6H2,1-3H3,(H,17,18). The van der Waals surface area contributed by atoms with Gasteiger partial charge in [0.2, 0.25) is 5.88 Å². The monoisotopic (exact) mass is 294 g/mol. The van der Waals surface area contributed by atoms with Crippen molar-refractivity contribution in [2.24, 2.45) is 5.92 Å². The van der Waals surface area contributed by atoms with E-state index in [4.69, 9.17) is 9.84 Å². The van der Waals surface area contributed by atoms with Crippen molar-refractivity contribution in [2.75, 3.05) is 6.61 Å². The number of fused-ring (bicyclic) bond motifs is 1. The third-order valence-corrected chi connectivity index (χ3v) is 4.24. The van der Waals surface area contributed by atoms with Gasteiger partial charge in [-0.05, 0) is 31.2 Å². The second kappa shape index (κ2) is 6.17. The lowest BCUT2D eigenvalue weighted by atomic mass is 10.1. The lowest BCUT2D eigenvalue weighted by Crippen LogP contribution is -2.02. The Bertz CT molecular complexity index is 622. The Hall–Kier alpha value is -1.69. The fraction of sp³-hybridized carbons (Fsp3) is 0.500. The molecule has 2 heterocycles. The van der Waals surface area contributed by atoms with Crippen LogP contribution in [0.2, 0.25) is 0 Å². The van der Waals surface area contributed by atoms with E-state index in [1.165, 1.54) is 6.33 Å². The number of hydrogen-bond donors (Lipinski definition) is 1. The van der Waals surface area contributed by atoms with Crippen LogP contribution >= 0.6 is 11.3 Å². The molecule has 0 saturated heterocycles. The number of hydrogen-bond acceptors (Lipinski definition) is 5. The van der Waals surface area contributed by atoms with Crippen LogP contribution in [-0.4, -0.2) is 27.7 Å². The van der Waals surface area contributed by atoms with Crippen molar-refractivity contribution in [3.05, 3.63) is 16.8 Å². The largest absolute Gasteiger partial charge is 0.477 e. The summed E-state index contributed by atoms with van der Waals surface area (Å²) in [6, 6.07) is 0. The van der Waals surface area contributed by atoms with Gasteiger partial charge in [0, 0.05) is 0 Å². The van der Waals surface area contributed by atoms with E-state index in [9.17, 15) is 4.79 Å². The molecule has 0 radical (unpaired) electrons. The van der Waals surface area contributed by atoms with Crippen molar-refractivity contribution in [3.8, 4) is 5.88 Å². The third-order valence-electron chi connectivity index (χ3n) is 3.05. The Labute approximate surface area is 121 Å². The molecule has 0 aromatic carbocycles. The fourth-order valence-electron chi connectivity index (χ4n) is 2.01. The van der Waals surface area contributed by atoms with Gasteiger partial charge in [0.05, 0.1) is 12.0 Å². The number of aromatic nitrogens is 2. The van der Waals surface area contributed by atoms with E-state index < -0.39 is 5.97 Å². The highest BCUT2D eigenvalue weighted by atomic mass is 32.1. The normalized spacial score (nSPS) is 11.2. The van der Waals surface area contributed by atoms with Gasteiger partial charge in [-0.15, -0.1) is 11.3 Å². The van der Waals surface area contributed by atoms with Gasteiger partial charge in [-0.1, -0.05) is 13.8 Å². The van der Waals surface area contributed by atoms with Crippen molar-refractivity contribution < 1.29 is 14.6 Å². The van der Waals surface area contributed by atoms with Gasteiger partial charge in [-0.25, -0.2) is 14.8 Å². The molecule has 0 spiro atoms. The molecule has 0 bridgehead atoms. The van der Waals surface area contributed by atoms with E-state index in [1.807, 2.05) is 0 Å². The van der Waals surface area contributed by atoms with Gasteiger partial charge in [-0.3, -0.25) is 0 Å². The SMILES string of the molecule is Cc1c(C(=O)O)sc2ncnc(OCCCC(C)C)c12. The van der Waals surface area contributed by atoms with Crippen LogP contribution in [0.25, 0.3) is 10.2 Å². The van der Waals surface area contributed by atoms with Crippen LogP contribution in [0.5, 0.6) is 5.88 Å². The van der Waals surface area contributed by atoms with Gasteiger partial charge in [0.15, 0.2) is 0 Å². The highest BCUT2D eigenvalue weighted by molar-refractivity contribution is 7.20. The van der Waals surface area contributed by atoms with Crippen LogP contribution in [0.1, 0.15) is 41.9 Å². The number of carbonyl (C=O) groups is 1. The van der Waals surface area contributed by atoms with Gasteiger partial charge >= 0.3 is 5.97 Å². The summed E-state index contributed by atoms with van der Waals surface area (Å²) in [5.74, 6) is 0.196. The summed E-state index contributed by atoms with van der Waals surface area (Å²) < 4.78 is 5.71. The molecule has 1 N–H and O–H groups in total. The molecule has 20 heavy (non-hydrogen) atoms. The van der Waals surface area contributed by atoms with Crippen molar-refractivity contribution >= 4 is 27.5 Å². The summed E-state index contributed by atoms with van der Waals surface area (Å²) >= 11 is 1.16. The van der Waals surface area contributed by atoms with E-state index in [0.717, 1.165) is 29.6 Å². The summed E-state index contributed by atoms with van der Waals surface area (Å²) in [5.41, 5.74) is 0.678. The van der Waals surface area contributed by atoms with E-state index in [1.54, 1.807) is 6.92 Å². The Morgan fingerprint density at radius 2 is 2.20 bits per heavy atom. The Balaban J connectivity index is 2.23. The lowest BCUT2D eigenvalue weighted by molar-refractivity contribution is 0.0701. The Kier molecular flexibility index (Phi) is 4.54. The number of carboxylic acid groups (broad SMARTS) is 1. The second-order valence-corrected chi connectivity index (χ2v) is 6.10. The van der Waals surface area contributed by atoms with Gasteiger partial charge in [0.25, 0.3) is 0 Å².